The van der Waals surface area contributed by atoms with Gasteiger partial charge in [-0.2, -0.15) is 0 Å². The number of thioether (sulfide) groups is 1. The van der Waals surface area contributed by atoms with Crippen LogP contribution in [0.1, 0.15) is 17.5 Å². The summed E-state index contributed by atoms with van der Waals surface area (Å²) < 4.78 is 0. The predicted molar refractivity (Wildman–Crippen MR) is 77.9 cm³/mol. The molecule has 0 spiro atoms. The van der Waals surface area contributed by atoms with Gasteiger partial charge in [0.25, 0.3) is 0 Å². The van der Waals surface area contributed by atoms with Crippen LogP contribution in [0.2, 0.25) is 10.0 Å². The second-order valence-electron chi connectivity index (χ2n) is 4.56. The lowest BCUT2D eigenvalue weighted by Gasteiger charge is -2.30. The van der Waals surface area contributed by atoms with E-state index in [1.165, 1.54) is 0 Å². The van der Waals surface area contributed by atoms with Gasteiger partial charge in [0, 0.05) is 51.0 Å². The molecule has 2 N–H and O–H groups in total. The van der Waals surface area contributed by atoms with E-state index in [1.54, 1.807) is 30.2 Å². The first-order valence-electron chi connectivity index (χ1n) is 5.93. The highest BCUT2D eigenvalue weighted by Gasteiger charge is 2.31. The molecule has 1 aromatic carbocycles. The average Bonchev–Trinajstić information content (AvgIpc) is 2.85. The molecule has 0 aliphatic carbocycles. The molecular weight excluding hydrogens is 303 g/mol. The number of aliphatic hydroxyl groups is 1. The Morgan fingerprint density at radius 3 is 3.00 bits per heavy atom. The van der Waals surface area contributed by atoms with Crippen molar-refractivity contribution in [3.8, 4) is 0 Å². The molecule has 0 amide bonds. The van der Waals surface area contributed by atoms with Gasteiger partial charge in [0.05, 0.1) is 6.10 Å². The number of aromatic amines is 1. The Labute approximate surface area is 125 Å². The Kier molecular flexibility index (Phi) is 3.76. The van der Waals surface area contributed by atoms with Crippen molar-refractivity contribution in [3.63, 3.8) is 0 Å². The maximum Gasteiger partial charge on any atom is 0.106 e. The molecule has 0 saturated carbocycles. The first-order chi connectivity index (χ1) is 9.15. The van der Waals surface area contributed by atoms with Crippen LogP contribution in [0.5, 0.6) is 0 Å². The summed E-state index contributed by atoms with van der Waals surface area (Å²) in [6, 6.07) is 3.54. The van der Waals surface area contributed by atoms with Crippen LogP contribution in [0.4, 0.5) is 0 Å². The summed E-state index contributed by atoms with van der Waals surface area (Å²) in [5, 5.41) is 11.6. The van der Waals surface area contributed by atoms with Gasteiger partial charge in [-0.05, 0) is 12.1 Å². The molecule has 0 unspecified atom stereocenters. The Bertz CT molecular complexity index is 589. The number of nitrogens with zero attached hydrogens (tertiary/aromatic N) is 1. The van der Waals surface area contributed by atoms with Crippen molar-refractivity contribution in [3.05, 3.63) is 46.0 Å². The molecule has 1 aliphatic heterocycles. The van der Waals surface area contributed by atoms with Gasteiger partial charge >= 0.3 is 0 Å². The van der Waals surface area contributed by atoms with Crippen molar-refractivity contribution < 1.29 is 5.11 Å². The van der Waals surface area contributed by atoms with Crippen LogP contribution in [0.3, 0.4) is 0 Å². The van der Waals surface area contributed by atoms with E-state index in [9.17, 15) is 5.11 Å². The zero-order valence-corrected chi connectivity index (χ0v) is 12.3. The monoisotopic (exact) mass is 314 g/mol. The fraction of sp³-hybridized carbons (Fsp3) is 0.308. The number of imidazole rings is 1. The van der Waals surface area contributed by atoms with E-state index in [0.29, 0.717) is 16.5 Å². The van der Waals surface area contributed by atoms with Gasteiger partial charge in [0.1, 0.15) is 5.82 Å². The SMILES string of the molecule is O[C@H]1c2c(Cl)cc(Cl)cc2SC[C@H]1Cc1ncc[nH]1. The lowest BCUT2D eigenvalue weighted by atomic mass is 9.93. The molecular formula is C13H12Cl2N2OS. The fourth-order valence-electron chi connectivity index (χ4n) is 2.32. The van der Waals surface area contributed by atoms with Gasteiger partial charge in [-0.3, -0.25) is 0 Å². The normalized spacial score (nSPS) is 22.3. The van der Waals surface area contributed by atoms with Gasteiger partial charge in [-0.15, -0.1) is 11.8 Å². The lowest BCUT2D eigenvalue weighted by molar-refractivity contribution is 0.114. The van der Waals surface area contributed by atoms with Crippen LogP contribution < -0.4 is 0 Å². The van der Waals surface area contributed by atoms with Crippen LogP contribution in [-0.2, 0) is 6.42 Å². The maximum absolute atomic E-state index is 10.5. The summed E-state index contributed by atoms with van der Waals surface area (Å²) in [4.78, 5) is 8.25. The van der Waals surface area contributed by atoms with Gasteiger partial charge < -0.3 is 10.1 Å². The lowest BCUT2D eigenvalue weighted by Crippen LogP contribution is -2.23. The van der Waals surface area contributed by atoms with E-state index in [4.69, 9.17) is 23.2 Å². The Hall–Kier alpha value is -0.680. The third kappa shape index (κ3) is 2.63. The molecule has 3 rings (SSSR count). The van der Waals surface area contributed by atoms with Crippen molar-refractivity contribution in [1.82, 2.24) is 9.97 Å². The van der Waals surface area contributed by atoms with Gasteiger partial charge in [0.15, 0.2) is 0 Å². The van der Waals surface area contributed by atoms with Crippen LogP contribution in [0, 0.1) is 5.92 Å². The highest BCUT2D eigenvalue weighted by Crippen LogP contribution is 2.45. The Morgan fingerprint density at radius 2 is 2.26 bits per heavy atom. The van der Waals surface area contributed by atoms with Gasteiger partial charge in [-0.1, -0.05) is 23.2 Å². The number of H-pyrrole nitrogens is 1. The third-order valence-electron chi connectivity index (χ3n) is 3.26. The largest absolute Gasteiger partial charge is 0.388 e. The number of hydrogen-bond donors (Lipinski definition) is 2. The standard InChI is InChI=1S/C13H12Cl2N2OS/c14-8-4-9(15)12-10(5-8)19-6-7(13(12)18)3-11-16-1-2-17-11/h1-2,4-5,7,13,18H,3,6H2,(H,16,17)/t7-,13-/m1/s1. The predicted octanol–water partition coefficient (Wildman–Crippen LogP) is 3.71. The number of rotatable bonds is 2. The summed E-state index contributed by atoms with van der Waals surface area (Å²) >= 11 is 13.9. The molecule has 19 heavy (non-hydrogen) atoms. The van der Waals surface area contributed by atoms with Crippen LogP contribution in [0.15, 0.2) is 29.4 Å². The highest BCUT2D eigenvalue weighted by atomic mass is 35.5. The average molecular weight is 315 g/mol. The number of hydrogen-bond acceptors (Lipinski definition) is 3. The summed E-state index contributed by atoms with van der Waals surface area (Å²) in [5.74, 6) is 1.81. The van der Waals surface area contributed by atoms with Crippen molar-refractivity contribution in [2.45, 2.75) is 17.4 Å². The minimum atomic E-state index is -0.578. The van der Waals surface area contributed by atoms with E-state index in [1.807, 2.05) is 6.07 Å². The molecule has 2 heterocycles. The van der Waals surface area contributed by atoms with Crippen LogP contribution in [0.25, 0.3) is 0 Å². The molecule has 0 bridgehead atoms. The van der Waals surface area contributed by atoms with E-state index in [2.05, 4.69) is 9.97 Å². The second-order valence-corrected chi connectivity index (χ2v) is 6.46. The van der Waals surface area contributed by atoms with Crippen LogP contribution in [-0.4, -0.2) is 20.8 Å². The zero-order chi connectivity index (χ0) is 13.4. The molecule has 0 radical (unpaired) electrons. The molecule has 2 aromatic rings. The number of aromatic nitrogens is 2. The maximum atomic E-state index is 10.5. The molecule has 1 aromatic heterocycles. The molecule has 100 valence electrons. The van der Waals surface area contributed by atoms with Crippen molar-refractivity contribution in [2.75, 3.05) is 5.75 Å². The molecule has 0 fully saturated rings. The minimum Gasteiger partial charge on any atom is -0.388 e. The summed E-state index contributed by atoms with van der Waals surface area (Å²) in [5.41, 5.74) is 0.791. The fourth-order valence-corrected chi connectivity index (χ4v) is 4.34. The Morgan fingerprint density at radius 1 is 1.42 bits per heavy atom. The Balaban J connectivity index is 1.89. The summed E-state index contributed by atoms with van der Waals surface area (Å²) in [6.07, 6.45) is 3.64. The van der Waals surface area contributed by atoms with E-state index < -0.39 is 6.10 Å². The molecule has 6 heteroatoms. The zero-order valence-electron chi connectivity index (χ0n) is 9.94. The van der Waals surface area contributed by atoms with Crippen molar-refractivity contribution >= 4 is 35.0 Å². The van der Waals surface area contributed by atoms with E-state index >= 15 is 0 Å². The third-order valence-corrected chi connectivity index (χ3v) is 5.04. The number of nitrogens with one attached hydrogen (secondary N) is 1. The smallest absolute Gasteiger partial charge is 0.106 e. The van der Waals surface area contributed by atoms with Crippen LogP contribution >= 0.6 is 35.0 Å². The van der Waals surface area contributed by atoms with Crippen molar-refractivity contribution in [1.29, 1.82) is 0 Å². The first kappa shape index (κ1) is 13.3. The molecule has 3 nitrogen and oxygen atoms in total. The van der Waals surface area contributed by atoms with E-state index in [-0.39, 0.29) is 5.92 Å². The number of benzene rings is 1. The molecule has 2 atom stereocenters. The second kappa shape index (κ2) is 5.37. The quantitative estimate of drug-likeness (QED) is 0.888. The first-order valence-corrected chi connectivity index (χ1v) is 7.67. The highest BCUT2D eigenvalue weighted by molar-refractivity contribution is 7.99. The number of fused-ring (bicyclic) bond motifs is 1. The summed E-state index contributed by atoms with van der Waals surface area (Å²) in [7, 11) is 0. The van der Waals surface area contributed by atoms with E-state index in [0.717, 1.165) is 22.0 Å². The minimum absolute atomic E-state index is 0.0994. The van der Waals surface area contributed by atoms with Gasteiger partial charge in [-0.25, -0.2) is 4.98 Å². The van der Waals surface area contributed by atoms with Crippen molar-refractivity contribution in [2.24, 2.45) is 5.92 Å². The molecule has 1 aliphatic rings. The number of halogens is 2. The van der Waals surface area contributed by atoms with Gasteiger partial charge in [0.2, 0.25) is 0 Å². The summed E-state index contributed by atoms with van der Waals surface area (Å²) in [6.45, 7) is 0. The molecule has 0 saturated heterocycles. The number of aliphatic hydroxyl groups excluding tert-OH is 1. The topological polar surface area (TPSA) is 48.9 Å².